The second kappa shape index (κ2) is 5.85. The highest BCUT2D eigenvalue weighted by molar-refractivity contribution is 5.74. The van der Waals surface area contributed by atoms with Gasteiger partial charge in [-0.15, -0.1) is 0 Å². The molecule has 1 saturated heterocycles. The van der Waals surface area contributed by atoms with Crippen molar-refractivity contribution < 1.29 is 14.1 Å². The molecule has 1 unspecified atom stereocenters. The third-order valence-electron chi connectivity index (χ3n) is 3.48. The van der Waals surface area contributed by atoms with Crippen molar-refractivity contribution in [3.05, 3.63) is 34.1 Å². The van der Waals surface area contributed by atoms with E-state index in [-0.39, 0.29) is 23.9 Å². The fraction of sp³-hybridized carbons (Fsp3) is 0.462. The summed E-state index contributed by atoms with van der Waals surface area (Å²) in [4.78, 5) is 23.2. The van der Waals surface area contributed by atoms with Gasteiger partial charge in [0.2, 0.25) is 5.91 Å². The van der Waals surface area contributed by atoms with E-state index in [4.69, 9.17) is 5.73 Å². The number of nitro groups is 1. The molecule has 2 rings (SSSR count). The maximum atomic E-state index is 13.1. The molecule has 1 aromatic rings. The van der Waals surface area contributed by atoms with Crippen molar-refractivity contribution in [3.63, 3.8) is 0 Å². The number of anilines is 1. The minimum absolute atomic E-state index is 0.0888. The molecule has 0 aliphatic carbocycles. The van der Waals surface area contributed by atoms with E-state index < -0.39 is 10.7 Å². The lowest BCUT2D eigenvalue weighted by Crippen LogP contribution is -2.37. The van der Waals surface area contributed by atoms with Crippen LogP contribution in [0.5, 0.6) is 0 Å². The van der Waals surface area contributed by atoms with Crippen LogP contribution in [0.2, 0.25) is 0 Å². The summed E-state index contributed by atoms with van der Waals surface area (Å²) in [6.07, 6.45) is 1.96. The van der Waals surface area contributed by atoms with E-state index in [2.05, 4.69) is 0 Å². The standard InChI is InChI=1S/C13H16FN3O3/c14-10-3-4-11(12(7-10)17(19)20)16-5-1-2-9(8-16)6-13(15)18/h3-4,7,9H,1-2,5-6,8H2,(H2,15,18). The van der Waals surface area contributed by atoms with Crippen molar-refractivity contribution in [2.45, 2.75) is 19.3 Å². The van der Waals surface area contributed by atoms with Gasteiger partial charge in [0.1, 0.15) is 11.5 Å². The van der Waals surface area contributed by atoms with Crippen LogP contribution in [0, 0.1) is 21.8 Å². The van der Waals surface area contributed by atoms with Gasteiger partial charge in [-0.1, -0.05) is 0 Å². The minimum Gasteiger partial charge on any atom is -0.370 e. The second-order valence-corrected chi connectivity index (χ2v) is 5.01. The third kappa shape index (κ3) is 3.23. The quantitative estimate of drug-likeness (QED) is 0.673. The number of hydrogen-bond donors (Lipinski definition) is 1. The van der Waals surface area contributed by atoms with E-state index in [0.29, 0.717) is 18.8 Å². The van der Waals surface area contributed by atoms with Crippen LogP contribution >= 0.6 is 0 Å². The maximum absolute atomic E-state index is 13.1. The number of benzene rings is 1. The number of carbonyl (C=O) groups excluding carboxylic acids is 1. The predicted octanol–water partition coefficient (Wildman–Crippen LogP) is 1.83. The number of halogens is 1. The zero-order valence-corrected chi connectivity index (χ0v) is 10.9. The van der Waals surface area contributed by atoms with Gasteiger partial charge < -0.3 is 10.6 Å². The molecule has 0 bridgehead atoms. The molecular formula is C13H16FN3O3. The predicted molar refractivity (Wildman–Crippen MR) is 71.8 cm³/mol. The molecule has 0 saturated carbocycles. The number of primary amides is 1. The van der Waals surface area contributed by atoms with Gasteiger partial charge in [0.05, 0.1) is 11.0 Å². The fourth-order valence-electron chi connectivity index (χ4n) is 2.65. The Balaban J connectivity index is 2.22. The fourth-order valence-corrected chi connectivity index (χ4v) is 2.65. The summed E-state index contributed by atoms with van der Waals surface area (Å²) in [7, 11) is 0. The van der Waals surface area contributed by atoms with Crippen molar-refractivity contribution in [3.8, 4) is 0 Å². The Bertz CT molecular complexity index is 536. The number of nitrogens with two attached hydrogens (primary N) is 1. The molecule has 1 atom stereocenters. The van der Waals surface area contributed by atoms with Crippen molar-refractivity contribution in [1.82, 2.24) is 0 Å². The normalized spacial score (nSPS) is 18.9. The highest BCUT2D eigenvalue weighted by Crippen LogP contribution is 2.32. The molecule has 1 heterocycles. The molecule has 1 aromatic carbocycles. The van der Waals surface area contributed by atoms with Crippen molar-refractivity contribution in [2.75, 3.05) is 18.0 Å². The Morgan fingerprint density at radius 2 is 2.30 bits per heavy atom. The first kappa shape index (κ1) is 14.2. The maximum Gasteiger partial charge on any atom is 0.295 e. The van der Waals surface area contributed by atoms with Crippen molar-refractivity contribution >= 4 is 17.3 Å². The van der Waals surface area contributed by atoms with Gasteiger partial charge in [0, 0.05) is 19.5 Å². The third-order valence-corrected chi connectivity index (χ3v) is 3.48. The van der Waals surface area contributed by atoms with Gasteiger partial charge in [-0.05, 0) is 30.9 Å². The van der Waals surface area contributed by atoms with Crippen LogP contribution in [-0.2, 0) is 4.79 Å². The van der Waals surface area contributed by atoms with E-state index in [1.807, 2.05) is 4.90 Å². The van der Waals surface area contributed by atoms with E-state index in [1.54, 1.807) is 0 Å². The Kier molecular flexibility index (Phi) is 4.16. The monoisotopic (exact) mass is 281 g/mol. The van der Waals surface area contributed by atoms with Gasteiger partial charge in [-0.2, -0.15) is 0 Å². The summed E-state index contributed by atoms with van der Waals surface area (Å²) >= 11 is 0. The number of carbonyl (C=O) groups is 1. The average molecular weight is 281 g/mol. The highest BCUT2D eigenvalue weighted by atomic mass is 19.1. The number of piperidine rings is 1. The summed E-state index contributed by atoms with van der Waals surface area (Å²) in [5, 5.41) is 11.0. The van der Waals surface area contributed by atoms with Gasteiger partial charge in [-0.25, -0.2) is 4.39 Å². The lowest BCUT2D eigenvalue weighted by Gasteiger charge is -2.33. The molecule has 20 heavy (non-hydrogen) atoms. The molecule has 0 spiro atoms. The Morgan fingerprint density at radius 3 is 2.95 bits per heavy atom. The molecular weight excluding hydrogens is 265 g/mol. The Morgan fingerprint density at radius 1 is 1.55 bits per heavy atom. The largest absolute Gasteiger partial charge is 0.370 e. The molecule has 1 aliphatic rings. The number of nitrogens with zero attached hydrogens (tertiary/aromatic N) is 2. The molecule has 0 aromatic heterocycles. The van der Waals surface area contributed by atoms with Gasteiger partial charge >= 0.3 is 0 Å². The van der Waals surface area contributed by atoms with E-state index in [1.165, 1.54) is 12.1 Å². The first-order chi connectivity index (χ1) is 9.47. The molecule has 2 N–H and O–H groups in total. The van der Waals surface area contributed by atoms with Gasteiger partial charge in [-0.3, -0.25) is 14.9 Å². The lowest BCUT2D eigenvalue weighted by molar-refractivity contribution is -0.384. The summed E-state index contributed by atoms with van der Waals surface area (Å²) in [6.45, 7) is 1.18. The summed E-state index contributed by atoms with van der Waals surface area (Å²) in [6, 6.07) is 3.55. The van der Waals surface area contributed by atoms with E-state index >= 15 is 0 Å². The van der Waals surface area contributed by atoms with Gasteiger partial charge in [0.25, 0.3) is 5.69 Å². The molecule has 6 nitrogen and oxygen atoms in total. The lowest BCUT2D eigenvalue weighted by atomic mass is 9.94. The summed E-state index contributed by atoms with van der Waals surface area (Å²) < 4.78 is 13.1. The van der Waals surface area contributed by atoms with Crippen LogP contribution in [0.15, 0.2) is 18.2 Å². The average Bonchev–Trinajstić information content (AvgIpc) is 2.38. The SMILES string of the molecule is NC(=O)CC1CCCN(c2ccc(F)cc2[N+](=O)[O-])C1. The highest BCUT2D eigenvalue weighted by Gasteiger charge is 2.26. The van der Waals surface area contributed by atoms with Crippen molar-refractivity contribution in [1.29, 1.82) is 0 Å². The van der Waals surface area contributed by atoms with Gasteiger partial charge in [0.15, 0.2) is 0 Å². The molecule has 0 radical (unpaired) electrons. The van der Waals surface area contributed by atoms with E-state index in [9.17, 15) is 19.3 Å². The summed E-state index contributed by atoms with van der Waals surface area (Å²) in [5.74, 6) is -0.914. The number of amides is 1. The first-order valence-corrected chi connectivity index (χ1v) is 6.44. The van der Waals surface area contributed by atoms with Crippen LogP contribution in [0.4, 0.5) is 15.8 Å². The van der Waals surface area contributed by atoms with Crippen LogP contribution in [0.25, 0.3) is 0 Å². The number of hydrogen-bond acceptors (Lipinski definition) is 4. The second-order valence-electron chi connectivity index (χ2n) is 5.01. The molecule has 108 valence electrons. The van der Waals surface area contributed by atoms with Crippen molar-refractivity contribution in [2.24, 2.45) is 11.7 Å². The molecule has 7 heteroatoms. The molecule has 1 aliphatic heterocycles. The van der Waals surface area contributed by atoms with Crippen LogP contribution in [0.1, 0.15) is 19.3 Å². The molecule has 1 fully saturated rings. The van der Waals surface area contributed by atoms with Crippen LogP contribution in [0.3, 0.4) is 0 Å². The zero-order chi connectivity index (χ0) is 14.7. The number of rotatable bonds is 4. The topological polar surface area (TPSA) is 89.5 Å². The Labute approximate surface area is 115 Å². The van der Waals surface area contributed by atoms with Crippen LogP contribution in [-0.4, -0.2) is 23.9 Å². The number of nitro benzene ring substituents is 1. The first-order valence-electron chi connectivity index (χ1n) is 6.44. The summed E-state index contributed by atoms with van der Waals surface area (Å²) in [5.41, 5.74) is 5.34. The minimum atomic E-state index is -0.633. The zero-order valence-electron chi connectivity index (χ0n) is 10.9. The smallest absolute Gasteiger partial charge is 0.295 e. The van der Waals surface area contributed by atoms with Crippen LogP contribution < -0.4 is 10.6 Å². The van der Waals surface area contributed by atoms with E-state index in [0.717, 1.165) is 18.9 Å². The Hall–Kier alpha value is -2.18. The molecule has 1 amide bonds.